The Bertz CT molecular complexity index is 365. The summed E-state index contributed by atoms with van der Waals surface area (Å²) < 4.78 is 4.91. The Morgan fingerprint density at radius 2 is 2.10 bits per heavy atom. The fourth-order valence-electron chi connectivity index (χ4n) is 2.58. The largest absolute Gasteiger partial charge is 0.480 e. The van der Waals surface area contributed by atoms with Crippen LogP contribution in [0.4, 0.5) is 4.79 Å². The van der Waals surface area contributed by atoms with Crippen LogP contribution in [0.2, 0.25) is 0 Å². The van der Waals surface area contributed by atoms with E-state index in [0.29, 0.717) is 38.5 Å². The summed E-state index contributed by atoms with van der Waals surface area (Å²) in [6, 6.07) is -1.12. The van der Waals surface area contributed by atoms with E-state index in [1.807, 2.05) is 0 Å². The van der Waals surface area contributed by atoms with Gasteiger partial charge in [0.15, 0.2) is 0 Å². The van der Waals surface area contributed by atoms with Crippen LogP contribution in [0.1, 0.15) is 40.0 Å². The number of hydrogen-bond acceptors (Lipinski definition) is 3. The molecule has 2 amide bonds. The number of carbonyl (C=O) groups excluding carboxylic acids is 1. The summed E-state index contributed by atoms with van der Waals surface area (Å²) in [6.07, 6.45) is 1.96. The zero-order chi connectivity index (χ0) is 16.0. The number of nitrogens with zero attached hydrogens (tertiary/aromatic N) is 1. The molecule has 1 saturated heterocycles. The summed E-state index contributed by atoms with van der Waals surface area (Å²) in [4.78, 5) is 25.1. The molecule has 0 aromatic carbocycles. The predicted molar refractivity (Wildman–Crippen MR) is 80.2 cm³/mol. The van der Waals surface area contributed by atoms with Gasteiger partial charge in [0, 0.05) is 26.8 Å². The third-order valence-corrected chi connectivity index (χ3v) is 4.14. The highest BCUT2D eigenvalue weighted by Gasteiger charge is 2.34. The number of ether oxygens (including phenoxy) is 1. The quantitative estimate of drug-likeness (QED) is 0.735. The number of carbonyl (C=O) groups is 2. The second-order valence-corrected chi connectivity index (χ2v) is 6.77. The van der Waals surface area contributed by atoms with Crippen LogP contribution in [-0.2, 0) is 9.53 Å². The average molecular weight is 300 g/mol. The van der Waals surface area contributed by atoms with Gasteiger partial charge in [-0.25, -0.2) is 9.59 Å². The molecule has 0 spiro atoms. The number of rotatable bonds is 6. The molecule has 0 radical (unpaired) electrons. The van der Waals surface area contributed by atoms with Gasteiger partial charge in [-0.15, -0.1) is 0 Å². The molecule has 2 unspecified atom stereocenters. The molecule has 122 valence electrons. The molecule has 6 nitrogen and oxygen atoms in total. The molecular formula is C15H28N2O4. The molecule has 1 rings (SSSR count). The van der Waals surface area contributed by atoms with Crippen LogP contribution in [0.3, 0.4) is 0 Å². The van der Waals surface area contributed by atoms with Crippen molar-refractivity contribution in [3.63, 3.8) is 0 Å². The topological polar surface area (TPSA) is 78.9 Å². The van der Waals surface area contributed by atoms with Crippen LogP contribution in [0.5, 0.6) is 0 Å². The smallest absolute Gasteiger partial charge is 0.326 e. The van der Waals surface area contributed by atoms with Crippen molar-refractivity contribution in [1.82, 2.24) is 10.2 Å². The van der Waals surface area contributed by atoms with E-state index in [4.69, 9.17) is 4.74 Å². The van der Waals surface area contributed by atoms with Gasteiger partial charge >= 0.3 is 12.0 Å². The maximum atomic E-state index is 12.2. The molecule has 1 aliphatic heterocycles. The van der Waals surface area contributed by atoms with E-state index in [1.165, 1.54) is 0 Å². The minimum Gasteiger partial charge on any atom is -0.480 e. The summed E-state index contributed by atoms with van der Waals surface area (Å²) in [7, 11) is 1.57. The van der Waals surface area contributed by atoms with Crippen molar-refractivity contribution in [2.75, 3.05) is 26.8 Å². The number of urea groups is 1. The van der Waals surface area contributed by atoms with Crippen molar-refractivity contribution < 1.29 is 19.4 Å². The molecule has 0 saturated carbocycles. The number of methoxy groups -OCH3 is 1. The molecular weight excluding hydrogens is 272 g/mol. The van der Waals surface area contributed by atoms with Crippen molar-refractivity contribution >= 4 is 12.0 Å². The van der Waals surface area contributed by atoms with E-state index in [-0.39, 0.29) is 11.4 Å². The van der Waals surface area contributed by atoms with Crippen molar-refractivity contribution in [3.8, 4) is 0 Å². The fraction of sp³-hybridized carbons (Fsp3) is 0.867. The minimum absolute atomic E-state index is 0.166. The van der Waals surface area contributed by atoms with Gasteiger partial charge < -0.3 is 20.1 Å². The minimum atomic E-state index is -0.994. The van der Waals surface area contributed by atoms with E-state index in [2.05, 4.69) is 26.1 Å². The van der Waals surface area contributed by atoms with E-state index in [0.717, 1.165) is 6.42 Å². The molecule has 1 fully saturated rings. The number of aliphatic carboxylic acids is 1. The lowest BCUT2D eigenvalue weighted by molar-refractivity contribution is -0.139. The first kappa shape index (κ1) is 17.8. The molecule has 0 aromatic rings. The molecule has 2 atom stereocenters. The van der Waals surface area contributed by atoms with Crippen LogP contribution in [0.25, 0.3) is 0 Å². The number of likely N-dealkylation sites (tertiary alicyclic amines) is 1. The summed E-state index contributed by atoms with van der Waals surface area (Å²) >= 11 is 0. The van der Waals surface area contributed by atoms with Gasteiger partial charge in [-0.05, 0) is 30.6 Å². The monoisotopic (exact) mass is 300 g/mol. The Morgan fingerprint density at radius 3 is 2.57 bits per heavy atom. The van der Waals surface area contributed by atoms with Gasteiger partial charge in [-0.2, -0.15) is 0 Å². The number of nitrogens with one attached hydrogen (secondary N) is 1. The van der Waals surface area contributed by atoms with Crippen molar-refractivity contribution in [1.29, 1.82) is 0 Å². The lowest BCUT2D eigenvalue weighted by Crippen LogP contribution is -2.47. The SMILES string of the molecule is COCCCC(NC(=O)N1CCC(C(C)(C)C)C1)C(=O)O. The highest BCUT2D eigenvalue weighted by molar-refractivity contribution is 5.82. The lowest BCUT2D eigenvalue weighted by atomic mass is 9.80. The van der Waals surface area contributed by atoms with Gasteiger partial charge in [0.1, 0.15) is 6.04 Å². The summed E-state index contributed by atoms with van der Waals surface area (Å²) in [5, 5.41) is 11.8. The Labute approximate surface area is 126 Å². The molecule has 2 N–H and O–H groups in total. The van der Waals surface area contributed by atoms with Crippen LogP contribution in [0, 0.1) is 11.3 Å². The molecule has 6 heteroatoms. The summed E-state index contributed by atoms with van der Waals surface area (Å²) in [6.45, 7) is 8.39. The summed E-state index contributed by atoms with van der Waals surface area (Å²) in [5.41, 5.74) is 0.166. The van der Waals surface area contributed by atoms with E-state index >= 15 is 0 Å². The van der Waals surface area contributed by atoms with Crippen molar-refractivity contribution in [2.45, 2.75) is 46.1 Å². The second-order valence-electron chi connectivity index (χ2n) is 6.77. The van der Waals surface area contributed by atoms with Gasteiger partial charge in [0.25, 0.3) is 0 Å². The predicted octanol–water partition coefficient (Wildman–Crippen LogP) is 1.94. The van der Waals surface area contributed by atoms with Crippen molar-refractivity contribution in [2.24, 2.45) is 11.3 Å². The zero-order valence-electron chi connectivity index (χ0n) is 13.5. The number of amides is 2. The normalized spacial score (nSPS) is 20.4. The van der Waals surface area contributed by atoms with E-state index in [1.54, 1.807) is 12.0 Å². The molecule has 21 heavy (non-hydrogen) atoms. The Kier molecular flexibility index (Phi) is 6.45. The first-order valence-electron chi connectivity index (χ1n) is 7.53. The van der Waals surface area contributed by atoms with Gasteiger partial charge in [-0.3, -0.25) is 0 Å². The van der Waals surface area contributed by atoms with Crippen molar-refractivity contribution in [3.05, 3.63) is 0 Å². The van der Waals surface area contributed by atoms with Crippen LogP contribution in [0.15, 0.2) is 0 Å². The number of hydrogen-bond donors (Lipinski definition) is 2. The number of carboxylic acid groups (broad SMARTS) is 1. The number of carboxylic acids is 1. The van der Waals surface area contributed by atoms with Crippen LogP contribution in [-0.4, -0.2) is 54.9 Å². The molecule has 0 aliphatic carbocycles. The third-order valence-electron chi connectivity index (χ3n) is 4.14. The zero-order valence-corrected chi connectivity index (χ0v) is 13.5. The van der Waals surface area contributed by atoms with E-state index in [9.17, 15) is 14.7 Å². The summed E-state index contributed by atoms with van der Waals surface area (Å²) in [5.74, 6) is -0.536. The van der Waals surface area contributed by atoms with Gasteiger partial charge in [-0.1, -0.05) is 20.8 Å². The van der Waals surface area contributed by atoms with E-state index < -0.39 is 12.0 Å². The molecule has 0 aromatic heterocycles. The maximum absolute atomic E-state index is 12.2. The van der Waals surface area contributed by atoms with Gasteiger partial charge in [0.2, 0.25) is 0 Å². The first-order valence-corrected chi connectivity index (χ1v) is 7.53. The Balaban J connectivity index is 2.49. The average Bonchev–Trinajstić information content (AvgIpc) is 2.86. The van der Waals surface area contributed by atoms with Gasteiger partial charge in [0.05, 0.1) is 0 Å². The molecule has 1 aliphatic rings. The second kappa shape index (κ2) is 7.64. The Morgan fingerprint density at radius 1 is 1.43 bits per heavy atom. The highest BCUT2D eigenvalue weighted by atomic mass is 16.5. The van der Waals surface area contributed by atoms with Crippen LogP contribution >= 0.6 is 0 Å². The van der Waals surface area contributed by atoms with Crippen LogP contribution < -0.4 is 5.32 Å². The first-order chi connectivity index (χ1) is 9.75. The third kappa shape index (κ3) is 5.53. The lowest BCUT2D eigenvalue weighted by Gasteiger charge is -2.27. The highest BCUT2D eigenvalue weighted by Crippen LogP contribution is 2.33. The standard InChI is InChI=1S/C15H28N2O4/c1-15(2,3)11-7-8-17(10-11)14(20)16-12(13(18)19)6-5-9-21-4/h11-12H,5-10H2,1-4H3,(H,16,20)(H,18,19). The maximum Gasteiger partial charge on any atom is 0.326 e. The molecule has 0 bridgehead atoms. The molecule has 1 heterocycles. The Hall–Kier alpha value is -1.30. The fourth-order valence-corrected chi connectivity index (χ4v) is 2.58.